The summed E-state index contributed by atoms with van der Waals surface area (Å²) in [5.41, 5.74) is 2.53. The normalized spacial score (nSPS) is 14.8. The molecule has 1 nitrogen and oxygen atoms in total. The van der Waals surface area contributed by atoms with E-state index < -0.39 is 0 Å². The number of hydrogen-bond donors (Lipinski definition) is 1. The minimum absolute atomic E-state index is 0.411. The Morgan fingerprint density at radius 1 is 1.38 bits per heavy atom. The molecule has 0 aliphatic heterocycles. The highest BCUT2D eigenvalue weighted by molar-refractivity contribution is 6.31. The molecule has 90 valence electrons. The Morgan fingerprint density at radius 2 is 2.06 bits per heavy atom. The van der Waals surface area contributed by atoms with Crippen LogP contribution in [0.3, 0.4) is 0 Å². The molecule has 1 rings (SSSR count). The second-order valence-corrected chi connectivity index (χ2v) is 4.95. The van der Waals surface area contributed by atoms with Gasteiger partial charge in [-0.2, -0.15) is 0 Å². The van der Waals surface area contributed by atoms with Crippen LogP contribution in [0.25, 0.3) is 0 Å². The Bertz CT molecular complexity index is 336. The topological polar surface area (TPSA) is 12.0 Å². The van der Waals surface area contributed by atoms with Crippen molar-refractivity contribution < 1.29 is 0 Å². The number of benzene rings is 1. The molecule has 2 unspecified atom stereocenters. The number of hydrogen-bond acceptors (Lipinski definition) is 1. The van der Waals surface area contributed by atoms with Gasteiger partial charge in [0, 0.05) is 11.1 Å². The standard InChI is InChI=1S/C14H22ClN/c1-5-10(2)9-14(16-4)12-7-6-8-13(15)11(12)3/h6-8,10,14,16H,5,9H2,1-4H3. The van der Waals surface area contributed by atoms with E-state index in [4.69, 9.17) is 11.6 Å². The molecule has 1 aromatic rings. The van der Waals surface area contributed by atoms with Crippen LogP contribution in [0.4, 0.5) is 0 Å². The van der Waals surface area contributed by atoms with E-state index in [2.05, 4.69) is 32.2 Å². The minimum Gasteiger partial charge on any atom is -0.313 e. The highest BCUT2D eigenvalue weighted by atomic mass is 35.5. The third-order valence-electron chi connectivity index (χ3n) is 3.37. The second-order valence-electron chi connectivity index (χ2n) is 4.54. The van der Waals surface area contributed by atoms with E-state index in [1.165, 1.54) is 17.5 Å². The highest BCUT2D eigenvalue weighted by Crippen LogP contribution is 2.28. The van der Waals surface area contributed by atoms with Gasteiger partial charge in [0.25, 0.3) is 0 Å². The molecular weight excluding hydrogens is 218 g/mol. The molecule has 0 fully saturated rings. The summed E-state index contributed by atoms with van der Waals surface area (Å²) in [4.78, 5) is 0. The average Bonchev–Trinajstić information content (AvgIpc) is 2.29. The number of nitrogens with one attached hydrogen (secondary N) is 1. The molecule has 0 radical (unpaired) electrons. The molecule has 1 N–H and O–H groups in total. The first-order valence-electron chi connectivity index (χ1n) is 6.02. The van der Waals surface area contributed by atoms with Crippen LogP contribution >= 0.6 is 11.6 Å². The summed E-state index contributed by atoms with van der Waals surface area (Å²) in [5.74, 6) is 0.732. The Morgan fingerprint density at radius 3 is 2.62 bits per heavy atom. The predicted octanol–water partition coefficient (Wildman–Crippen LogP) is 4.35. The lowest BCUT2D eigenvalue weighted by molar-refractivity contribution is 0.421. The van der Waals surface area contributed by atoms with Gasteiger partial charge in [-0.1, -0.05) is 44.0 Å². The van der Waals surface area contributed by atoms with Gasteiger partial charge in [-0.05, 0) is 43.5 Å². The first-order valence-corrected chi connectivity index (χ1v) is 6.40. The summed E-state index contributed by atoms with van der Waals surface area (Å²) >= 11 is 6.16. The van der Waals surface area contributed by atoms with Crippen LogP contribution in [-0.4, -0.2) is 7.05 Å². The van der Waals surface area contributed by atoms with Gasteiger partial charge in [-0.25, -0.2) is 0 Å². The first kappa shape index (κ1) is 13.5. The molecule has 0 amide bonds. The van der Waals surface area contributed by atoms with Crippen LogP contribution in [-0.2, 0) is 0 Å². The van der Waals surface area contributed by atoms with E-state index in [0.717, 1.165) is 17.4 Å². The molecule has 2 heteroatoms. The Labute approximate surface area is 104 Å². The fraction of sp³-hybridized carbons (Fsp3) is 0.571. The van der Waals surface area contributed by atoms with Gasteiger partial charge in [0.15, 0.2) is 0 Å². The fourth-order valence-corrected chi connectivity index (χ4v) is 2.15. The van der Waals surface area contributed by atoms with Crippen LogP contribution in [0.2, 0.25) is 5.02 Å². The third-order valence-corrected chi connectivity index (χ3v) is 3.78. The van der Waals surface area contributed by atoms with E-state index >= 15 is 0 Å². The highest BCUT2D eigenvalue weighted by Gasteiger charge is 2.15. The summed E-state index contributed by atoms with van der Waals surface area (Å²) < 4.78 is 0. The molecule has 0 saturated heterocycles. The van der Waals surface area contributed by atoms with Crippen molar-refractivity contribution in [1.82, 2.24) is 5.32 Å². The molecule has 0 aliphatic rings. The number of rotatable bonds is 5. The number of halogens is 1. The van der Waals surface area contributed by atoms with Gasteiger partial charge < -0.3 is 5.32 Å². The molecule has 0 aromatic heterocycles. The van der Waals surface area contributed by atoms with E-state index in [-0.39, 0.29) is 0 Å². The van der Waals surface area contributed by atoms with Gasteiger partial charge in [0.2, 0.25) is 0 Å². The Balaban J connectivity index is 2.90. The van der Waals surface area contributed by atoms with Crippen LogP contribution in [0.1, 0.15) is 43.9 Å². The van der Waals surface area contributed by atoms with Gasteiger partial charge in [0.1, 0.15) is 0 Å². The molecule has 0 heterocycles. The third kappa shape index (κ3) is 3.23. The van der Waals surface area contributed by atoms with Crippen LogP contribution in [0.5, 0.6) is 0 Å². The van der Waals surface area contributed by atoms with Gasteiger partial charge in [0.05, 0.1) is 0 Å². The van der Waals surface area contributed by atoms with E-state index in [1.807, 2.05) is 19.2 Å². The zero-order valence-corrected chi connectivity index (χ0v) is 11.4. The summed E-state index contributed by atoms with van der Waals surface area (Å²) in [6, 6.07) is 6.57. The smallest absolute Gasteiger partial charge is 0.0438 e. The van der Waals surface area contributed by atoms with Crippen molar-refractivity contribution in [3.05, 3.63) is 34.3 Å². The van der Waals surface area contributed by atoms with Crippen molar-refractivity contribution in [2.75, 3.05) is 7.05 Å². The van der Waals surface area contributed by atoms with Crippen LogP contribution in [0.15, 0.2) is 18.2 Å². The maximum Gasteiger partial charge on any atom is 0.0438 e. The molecule has 1 aromatic carbocycles. The minimum atomic E-state index is 0.411. The molecule has 0 saturated carbocycles. The largest absolute Gasteiger partial charge is 0.313 e. The molecular formula is C14H22ClN. The predicted molar refractivity (Wildman–Crippen MR) is 72.1 cm³/mol. The quantitative estimate of drug-likeness (QED) is 0.806. The van der Waals surface area contributed by atoms with Crippen molar-refractivity contribution in [3.8, 4) is 0 Å². The molecule has 16 heavy (non-hydrogen) atoms. The van der Waals surface area contributed by atoms with Crippen molar-refractivity contribution >= 4 is 11.6 Å². The molecule has 0 aliphatic carbocycles. The van der Waals surface area contributed by atoms with Crippen LogP contribution < -0.4 is 5.32 Å². The zero-order chi connectivity index (χ0) is 12.1. The van der Waals surface area contributed by atoms with Crippen molar-refractivity contribution in [2.24, 2.45) is 5.92 Å². The van der Waals surface area contributed by atoms with E-state index in [0.29, 0.717) is 6.04 Å². The lowest BCUT2D eigenvalue weighted by Crippen LogP contribution is -2.19. The molecule has 0 bridgehead atoms. The van der Waals surface area contributed by atoms with E-state index in [1.54, 1.807) is 0 Å². The maximum atomic E-state index is 6.16. The first-order chi connectivity index (χ1) is 7.60. The summed E-state index contributed by atoms with van der Waals surface area (Å²) in [6.07, 6.45) is 2.38. The van der Waals surface area contributed by atoms with E-state index in [9.17, 15) is 0 Å². The zero-order valence-electron chi connectivity index (χ0n) is 10.7. The Kier molecular flexibility index (Phi) is 5.30. The van der Waals surface area contributed by atoms with Crippen molar-refractivity contribution in [1.29, 1.82) is 0 Å². The monoisotopic (exact) mass is 239 g/mol. The maximum absolute atomic E-state index is 6.16. The molecule has 2 atom stereocenters. The van der Waals surface area contributed by atoms with Gasteiger partial charge in [-0.3, -0.25) is 0 Å². The SMILES string of the molecule is CCC(C)CC(NC)c1cccc(Cl)c1C. The lowest BCUT2D eigenvalue weighted by Gasteiger charge is -2.22. The molecule has 0 spiro atoms. The second kappa shape index (κ2) is 6.27. The Hall–Kier alpha value is -0.530. The summed E-state index contributed by atoms with van der Waals surface area (Å²) in [7, 11) is 2.02. The average molecular weight is 240 g/mol. The summed E-state index contributed by atoms with van der Waals surface area (Å²) in [6.45, 7) is 6.63. The van der Waals surface area contributed by atoms with Crippen molar-refractivity contribution in [2.45, 2.75) is 39.7 Å². The van der Waals surface area contributed by atoms with Gasteiger partial charge in [-0.15, -0.1) is 0 Å². The lowest BCUT2D eigenvalue weighted by atomic mass is 9.92. The summed E-state index contributed by atoms with van der Waals surface area (Å²) in [5, 5.41) is 4.26. The van der Waals surface area contributed by atoms with Crippen LogP contribution in [0, 0.1) is 12.8 Å². The van der Waals surface area contributed by atoms with Gasteiger partial charge >= 0.3 is 0 Å². The van der Waals surface area contributed by atoms with Crippen molar-refractivity contribution in [3.63, 3.8) is 0 Å². The fourth-order valence-electron chi connectivity index (χ4n) is 1.97.